The smallest absolute Gasteiger partial charge is 0.330 e. The SMILES string of the molecule is CCCn1c(N)c(N(CCOC)C(=O)c2ccc(Cl)cc2)c(=O)[nH]c1=O. The zero-order valence-electron chi connectivity index (χ0n) is 14.6. The van der Waals surface area contributed by atoms with Crippen LogP contribution in [0.15, 0.2) is 33.9 Å². The Labute approximate surface area is 155 Å². The zero-order chi connectivity index (χ0) is 19.3. The molecule has 0 fully saturated rings. The third-order valence-electron chi connectivity index (χ3n) is 3.79. The lowest BCUT2D eigenvalue weighted by Crippen LogP contribution is -2.42. The number of amides is 1. The fourth-order valence-electron chi connectivity index (χ4n) is 2.53. The Morgan fingerprint density at radius 2 is 1.96 bits per heavy atom. The molecule has 0 aliphatic carbocycles. The van der Waals surface area contributed by atoms with E-state index in [1.165, 1.54) is 16.6 Å². The van der Waals surface area contributed by atoms with Crippen LogP contribution in [-0.2, 0) is 11.3 Å². The number of nitrogen functional groups attached to an aromatic ring is 1. The molecule has 140 valence electrons. The minimum Gasteiger partial charge on any atom is -0.383 e. The number of aromatic amines is 1. The maximum atomic E-state index is 13.0. The summed E-state index contributed by atoms with van der Waals surface area (Å²) in [6, 6.07) is 6.26. The molecule has 2 rings (SSSR count). The van der Waals surface area contributed by atoms with Crippen LogP contribution in [0.3, 0.4) is 0 Å². The van der Waals surface area contributed by atoms with Crippen LogP contribution < -0.4 is 21.9 Å². The van der Waals surface area contributed by atoms with Crippen LogP contribution in [0.2, 0.25) is 5.02 Å². The first-order valence-corrected chi connectivity index (χ1v) is 8.47. The zero-order valence-corrected chi connectivity index (χ0v) is 15.4. The van der Waals surface area contributed by atoms with Gasteiger partial charge in [-0.05, 0) is 30.7 Å². The Balaban J connectivity index is 2.58. The molecule has 0 saturated heterocycles. The van der Waals surface area contributed by atoms with Crippen LogP contribution in [0.25, 0.3) is 0 Å². The van der Waals surface area contributed by atoms with Gasteiger partial charge in [-0.15, -0.1) is 0 Å². The monoisotopic (exact) mass is 380 g/mol. The van der Waals surface area contributed by atoms with E-state index in [-0.39, 0.29) is 24.7 Å². The largest absolute Gasteiger partial charge is 0.383 e. The van der Waals surface area contributed by atoms with Crippen molar-refractivity contribution >= 4 is 29.0 Å². The molecule has 26 heavy (non-hydrogen) atoms. The van der Waals surface area contributed by atoms with Gasteiger partial charge in [-0.2, -0.15) is 0 Å². The molecule has 2 aromatic rings. The average Bonchev–Trinajstić information content (AvgIpc) is 2.61. The minimum atomic E-state index is -0.724. The summed E-state index contributed by atoms with van der Waals surface area (Å²) in [4.78, 5) is 40.8. The van der Waals surface area contributed by atoms with E-state index < -0.39 is 17.2 Å². The highest BCUT2D eigenvalue weighted by atomic mass is 35.5. The second-order valence-electron chi connectivity index (χ2n) is 5.60. The third kappa shape index (κ3) is 4.14. The van der Waals surface area contributed by atoms with Crippen molar-refractivity contribution in [3.63, 3.8) is 0 Å². The summed E-state index contributed by atoms with van der Waals surface area (Å²) in [5, 5.41) is 0.485. The predicted octanol–water partition coefficient (Wildman–Crippen LogP) is 1.48. The number of hydrogen-bond donors (Lipinski definition) is 2. The van der Waals surface area contributed by atoms with Crippen LogP contribution in [0.5, 0.6) is 0 Å². The molecule has 0 aliphatic rings. The lowest BCUT2D eigenvalue weighted by molar-refractivity contribution is 0.0975. The summed E-state index contributed by atoms with van der Waals surface area (Å²) in [5.74, 6) is -0.503. The fourth-order valence-corrected chi connectivity index (χ4v) is 2.66. The number of hydrogen-bond acceptors (Lipinski definition) is 5. The molecule has 1 heterocycles. The molecule has 0 unspecified atom stereocenters. The molecule has 3 N–H and O–H groups in total. The van der Waals surface area contributed by atoms with Gasteiger partial charge in [0.15, 0.2) is 5.69 Å². The fraction of sp³-hybridized carbons (Fsp3) is 0.353. The van der Waals surface area contributed by atoms with E-state index in [4.69, 9.17) is 22.1 Å². The Morgan fingerprint density at radius 1 is 1.31 bits per heavy atom. The van der Waals surface area contributed by atoms with Crippen molar-refractivity contribution in [2.75, 3.05) is 30.9 Å². The van der Waals surface area contributed by atoms with Gasteiger partial charge in [0, 0.05) is 30.8 Å². The first-order chi connectivity index (χ1) is 12.4. The van der Waals surface area contributed by atoms with Crippen molar-refractivity contribution in [1.29, 1.82) is 0 Å². The van der Waals surface area contributed by atoms with E-state index in [2.05, 4.69) is 4.98 Å². The predicted molar refractivity (Wildman–Crippen MR) is 101 cm³/mol. The van der Waals surface area contributed by atoms with Gasteiger partial charge in [-0.1, -0.05) is 18.5 Å². The summed E-state index contributed by atoms with van der Waals surface area (Å²) in [7, 11) is 1.48. The molecule has 8 nitrogen and oxygen atoms in total. The summed E-state index contributed by atoms with van der Waals surface area (Å²) in [5.41, 5.74) is 5.00. The Kier molecular flexibility index (Phi) is 6.59. The summed E-state index contributed by atoms with van der Waals surface area (Å²) >= 11 is 5.86. The first kappa shape index (κ1) is 19.7. The van der Waals surface area contributed by atoms with Gasteiger partial charge in [-0.3, -0.25) is 24.0 Å². The maximum Gasteiger partial charge on any atom is 0.330 e. The van der Waals surface area contributed by atoms with Crippen molar-refractivity contribution < 1.29 is 9.53 Å². The van der Waals surface area contributed by atoms with E-state index in [0.29, 0.717) is 23.6 Å². The van der Waals surface area contributed by atoms with Gasteiger partial charge < -0.3 is 10.5 Å². The number of methoxy groups -OCH3 is 1. The van der Waals surface area contributed by atoms with Crippen molar-refractivity contribution in [2.24, 2.45) is 0 Å². The molecular weight excluding hydrogens is 360 g/mol. The summed E-state index contributed by atoms with van der Waals surface area (Å²) < 4.78 is 6.29. The lowest BCUT2D eigenvalue weighted by Gasteiger charge is -2.24. The molecule has 0 radical (unpaired) electrons. The maximum absolute atomic E-state index is 13.0. The lowest BCUT2D eigenvalue weighted by atomic mass is 10.2. The molecule has 1 aromatic heterocycles. The Bertz CT molecular complexity index is 889. The van der Waals surface area contributed by atoms with E-state index in [1.54, 1.807) is 24.3 Å². The normalized spacial score (nSPS) is 10.7. The van der Waals surface area contributed by atoms with Gasteiger partial charge in [-0.25, -0.2) is 4.79 Å². The third-order valence-corrected chi connectivity index (χ3v) is 4.04. The number of H-pyrrole nitrogens is 1. The van der Waals surface area contributed by atoms with Gasteiger partial charge in [0.2, 0.25) is 0 Å². The summed E-state index contributed by atoms with van der Waals surface area (Å²) in [6.45, 7) is 2.47. The standard InChI is InChI=1S/C17H21ClN4O4/c1-3-8-22-14(19)13(15(23)20-17(22)25)21(9-10-26-2)16(24)11-4-6-12(18)7-5-11/h4-7H,3,8-10,19H2,1-2H3,(H,20,23,25). The Hall–Kier alpha value is -2.58. The van der Waals surface area contributed by atoms with E-state index >= 15 is 0 Å². The number of benzene rings is 1. The molecule has 9 heteroatoms. The second kappa shape index (κ2) is 8.68. The number of nitrogens with one attached hydrogen (secondary N) is 1. The molecule has 0 aliphatic heterocycles. The molecule has 0 saturated carbocycles. The first-order valence-electron chi connectivity index (χ1n) is 8.09. The number of carbonyl (C=O) groups excluding carboxylic acids is 1. The van der Waals surface area contributed by atoms with Gasteiger partial charge >= 0.3 is 5.69 Å². The molecular formula is C17H21ClN4O4. The number of nitrogens with zero attached hydrogens (tertiary/aromatic N) is 2. The van der Waals surface area contributed by atoms with Crippen LogP contribution in [0.1, 0.15) is 23.7 Å². The van der Waals surface area contributed by atoms with Crippen LogP contribution in [0.4, 0.5) is 11.5 Å². The molecule has 1 aromatic carbocycles. The van der Waals surface area contributed by atoms with Gasteiger partial charge in [0.25, 0.3) is 11.5 Å². The minimum absolute atomic E-state index is 0.0565. The number of rotatable bonds is 7. The topological polar surface area (TPSA) is 110 Å². The van der Waals surface area contributed by atoms with E-state index in [0.717, 1.165) is 0 Å². The number of anilines is 2. The van der Waals surface area contributed by atoms with Crippen molar-refractivity contribution in [2.45, 2.75) is 19.9 Å². The quantitative estimate of drug-likeness (QED) is 0.755. The van der Waals surface area contributed by atoms with Gasteiger partial charge in [0.05, 0.1) is 6.61 Å². The highest BCUT2D eigenvalue weighted by Crippen LogP contribution is 2.20. The average molecular weight is 381 g/mol. The number of halogens is 1. The van der Waals surface area contributed by atoms with Gasteiger partial charge in [0.1, 0.15) is 5.82 Å². The van der Waals surface area contributed by atoms with Crippen molar-refractivity contribution in [3.05, 3.63) is 55.7 Å². The number of nitrogens with two attached hydrogens (primary N) is 1. The number of ether oxygens (including phenoxy) is 1. The molecule has 0 bridgehead atoms. The van der Waals surface area contributed by atoms with E-state index in [1.807, 2.05) is 6.92 Å². The van der Waals surface area contributed by atoms with Crippen molar-refractivity contribution in [3.8, 4) is 0 Å². The highest BCUT2D eigenvalue weighted by molar-refractivity contribution is 6.30. The highest BCUT2D eigenvalue weighted by Gasteiger charge is 2.25. The van der Waals surface area contributed by atoms with E-state index in [9.17, 15) is 14.4 Å². The number of aromatic nitrogens is 2. The van der Waals surface area contributed by atoms with Crippen molar-refractivity contribution in [1.82, 2.24) is 9.55 Å². The Morgan fingerprint density at radius 3 is 2.54 bits per heavy atom. The number of carbonyl (C=O) groups is 1. The summed E-state index contributed by atoms with van der Waals surface area (Å²) in [6.07, 6.45) is 0.638. The van der Waals surface area contributed by atoms with Crippen LogP contribution in [-0.4, -0.2) is 35.7 Å². The second-order valence-corrected chi connectivity index (χ2v) is 6.04. The molecule has 0 atom stereocenters. The molecule has 0 spiro atoms. The van der Waals surface area contributed by atoms with Crippen LogP contribution in [0, 0.1) is 0 Å². The van der Waals surface area contributed by atoms with Crippen LogP contribution >= 0.6 is 11.6 Å². The molecule has 1 amide bonds.